The largest absolute Gasteiger partial charge is 0.331 e. The minimum Gasteiger partial charge on any atom is -0.309 e. The number of nitrogens with zero attached hydrogens (tertiary/aromatic N) is 3. The van der Waals surface area contributed by atoms with Gasteiger partial charge in [0.2, 0.25) is 5.91 Å². The van der Waals surface area contributed by atoms with E-state index in [1.54, 1.807) is 12.1 Å². The van der Waals surface area contributed by atoms with Gasteiger partial charge in [0.1, 0.15) is 12.4 Å². The molecule has 0 spiro atoms. The number of rotatable bonds is 3. The van der Waals surface area contributed by atoms with E-state index < -0.39 is 11.2 Å². The van der Waals surface area contributed by atoms with Crippen LogP contribution in [0.2, 0.25) is 0 Å². The third-order valence-corrected chi connectivity index (χ3v) is 2.73. The van der Waals surface area contributed by atoms with Gasteiger partial charge in [0.25, 0.3) is 5.56 Å². The van der Waals surface area contributed by atoms with Crippen LogP contribution in [0.4, 0.5) is 5.82 Å². The van der Waals surface area contributed by atoms with Crippen LogP contribution in [-0.4, -0.2) is 20.0 Å². The Morgan fingerprint density at radius 3 is 2.75 bits per heavy atom. The SMILES string of the molecule is Cc1cccc(NC(=O)Cn2ccc(=O)n(C)c2=O)n1. The Bertz CT molecular complexity index is 761. The van der Waals surface area contributed by atoms with Gasteiger partial charge < -0.3 is 5.32 Å². The minimum absolute atomic E-state index is 0.178. The molecular weight excluding hydrogens is 260 g/mol. The fourth-order valence-electron chi connectivity index (χ4n) is 1.69. The molecule has 0 aliphatic rings. The molecule has 0 bridgehead atoms. The molecular formula is C13H14N4O3. The van der Waals surface area contributed by atoms with Gasteiger partial charge in [-0.1, -0.05) is 6.07 Å². The van der Waals surface area contributed by atoms with Crippen molar-refractivity contribution in [2.45, 2.75) is 13.5 Å². The molecule has 20 heavy (non-hydrogen) atoms. The quantitative estimate of drug-likeness (QED) is 0.846. The number of anilines is 1. The lowest BCUT2D eigenvalue weighted by atomic mass is 10.3. The highest BCUT2D eigenvalue weighted by Gasteiger charge is 2.07. The monoisotopic (exact) mass is 274 g/mol. The van der Waals surface area contributed by atoms with Crippen molar-refractivity contribution < 1.29 is 4.79 Å². The molecule has 0 saturated carbocycles. The Balaban J connectivity index is 2.15. The number of amides is 1. The molecule has 1 amide bonds. The topological polar surface area (TPSA) is 86.0 Å². The number of aryl methyl sites for hydroxylation is 1. The van der Waals surface area contributed by atoms with E-state index in [4.69, 9.17) is 0 Å². The normalized spacial score (nSPS) is 10.3. The maximum absolute atomic E-state index is 11.8. The zero-order chi connectivity index (χ0) is 14.7. The van der Waals surface area contributed by atoms with Crippen LogP contribution >= 0.6 is 0 Å². The molecule has 0 aliphatic heterocycles. The van der Waals surface area contributed by atoms with Gasteiger partial charge in [-0.15, -0.1) is 0 Å². The number of carbonyl (C=O) groups is 1. The van der Waals surface area contributed by atoms with Crippen LogP contribution in [-0.2, 0) is 18.4 Å². The van der Waals surface area contributed by atoms with E-state index in [1.807, 2.05) is 13.0 Å². The van der Waals surface area contributed by atoms with Gasteiger partial charge in [0, 0.05) is 25.0 Å². The molecule has 0 aliphatic carbocycles. The van der Waals surface area contributed by atoms with Gasteiger partial charge in [-0.25, -0.2) is 9.78 Å². The molecule has 2 heterocycles. The zero-order valence-corrected chi connectivity index (χ0v) is 11.2. The molecule has 0 atom stereocenters. The Kier molecular flexibility index (Phi) is 3.79. The highest BCUT2D eigenvalue weighted by atomic mass is 16.2. The summed E-state index contributed by atoms with van der Waals surface area (Å²) in [6, 6.07) is 6.48. The summed E-state index contributed by atoms with van der Waals surface area (Å²) >= 11 is 0. The molecule has 0 fully saturated rings. The first-order valence-electron chi connectivity index (χ1n) is 5.97. The summed E-state index contributed by atoms with van der Waals surface area (Å²) < 4.78 is 2.10. The van der Waals surface area contributed by atoms with E-state index in [0.29, 0.717) is 5.82 Å². The summed E-state index contributed by atoms with van der Waals surface area (Å²) in [6.45, 7) is 1.63. The Labute approximate surface area is 114 Å². The van der Waals surface area contributed by atoms with E-state index >= 15 is 0 Å². The smallest absolute Gasteiger partial charge is 0.309 e. The number of hydrogen-bond donors (Lipinski definition) is 1. The van der Waals surface area contributed by atoms with Gasteiger partial charge >= 0.3 is 5.69 Å². The Hall–Kier alpha value is -2.70. The van der Waals surface area contributed by atoms with Crippen molar-refractivity contribution >= 4 is 11.7 Å². The van der Waals surface area contributed by atoms with Crippen LogP contribution < -0.4 is 16.6 Å². The van der Waals surface area contributed by atoms with Gasteiger partial charge in [-0.2, -0.15) is 0 Å². The number of nitrogens with one attached hydrogen (secondary N) is 1. The molecule has 2 aromatic heterocycles. The van der Waals surface area contributed by atoms with Gasteiger partial charge in [-0.3, -0.25) is 18.7 Å². The number of pyridine rings is 1. The van der Waals surface area contributed by atoms with Crippen molar-refractivity contribution in [3.63, 3.8) is 0 Å². The molecule has 7 heteroatoms. The van der Waals surface area contributed by atoms with Gasteiger partial charge in [-0.05, 0) is 19.1 Å². The average Bonchev–Trinajstić information content (AvgIpc) is 2.39. The van der Waals surface area contributed by atoms with Crippen LogP contribution in [0.5, 0.6) is 0 Å². The fraction of sp³-hybridized carbons (Fsp3) is 0.231. The summed E-state index contributed by atoms with van der Waals surface area (Å²) in [5.74, 6) is 0.0386. The van der Waals surface area contributed by atoms with Gasteiger partial charge in [0.15, 0.2) is 0 Å². The second-order valence-electron chi connectivity index (χ2n) is 4.34. The predicted octanol–water partition coefficient (Wildman–Crippen LogP) is -0.111. The van der Waals surface area contributed by atoms with E-state index in [9.17, 15) is 14.4 Å². The first-order chi connectivity index (χ1) is 9.47. The third kappa shape index (κ3) is 3.00. The fourth-order valence-corrected chi connectivity index (χ4v) is 1.69. The zero-order valence-electron chi connectivity index (χ0n) is 11.2. The van der Waals surface area contributed by atoms with Crippen LogP contribution in [0.15, 0.2) is 40.1 Å². The molecule has 104 valence electrons. The van der Waals surface area contributed by atoms with E-state index in [1.165, 1.54) is 19.3 Å². The van der Waals surface area contributed by atoms with Crippen LogP contribution in [0.3, 0.4) is 0 Å². The molecule has 0 aromatic carbocycles. The average molecular weight is 274 g/mol. The summed E-state index contributed by atoms with van der Waals surface area (Å²) in [7, 11) is 1.36. The van der Waals surface area contributed by atoms with Crippen LogP contribution in [0.1, 0.15) is 5.69 Å². The second-order valence-corrected chi connectivity index (χ2v) is 4.34. The van der Waals surface area contributed by atoms with E-state index in [2.05, 4.69) is 10.3 Å². The second kappa shape index (κ2) is 5.52. The van der Waals surface area contributed by atoms with Crippen molar-refractivity contribution in [1.82, 2.24) is 14.1 Å². The maximum Gasteiger partial charge on any atom is 0.331 e. The first-order valence-corrected chi connectivity index (χ1v) is 5.97. The molecule has 2 aromatic rings. The van der Waals surface area contributed by atoms with Crippen molar-refractivity contribution in [2.24, 2.45) is 7.05 Å². The molecule has 0 saturated heterocycles. The minimum atomic E-state index is -0.537. The van der Waals surface area contributed by atoms with Crippen molar-refractivity contribution in [1.29, 1.82) is 0 Å². The number of aromatic nitrogens is 3. The molecule has 2 rings (SSSR count). The van der Waals surface area contributed by atoms with Crippen LogP contribution in [0, 0.1) is 6.92 Å². The van der Waals surface area contributed by atoms with E-state index in [0.717, 1.165) is 14.8 Å². The Morgan fingerprint density at radius 2 is 2.05 bits per heavy atom. The van der Waals surface area contributed by atoms with Crippen molar-refractivity contribution in [3.05, 3.63) is 57.0 Å². The van der Waals surface area contributed by atoms with Crippen molar-refractivity contribution in [2.75, 3.05) is 5.32 Å². The Morgan fingerprint density at radius 1 is 1.30 bits per heavy atom. The standard InChI is InChI=1S/C13H14N4O3/c1-9-4-3-5-10(14-9)15-11(18)8-17-7-6-12(19)16(2)13(17)20/h3-7H,8H2,1-2H3,(H,14,15,18). The summed E-state index contributed by atoms with van der Waals surface area (Å²) in [6.07, 6.45) is 1.30. The number of hydrogen-bond acceptors (Lipinski definition) is 4. The van der Waals surface area contributed by atoms with Crippen molar-refractivity contribution in [3.8, 4) is 0 Å². The lowest BCUT2D eigenvalue weighted by Gasteiger charge is -2.08. The molecule has 1 N–H and O–H groups in total. The predicted molar refractivity (Wildman–Crippen MR) is 73.5 cm³/mol. The highest BCUT2D eigenvalue weighted by molar-refractivity contribution is 5.89. The summed E-state index contributed by atoms with van der Waals surface area (Å²) in [4.78, 5) is 39.0. The van der Waals surface area contributed by atoms with Gasteiger partial charge in [0.05, 0.1) is 0 Å². The first kappa shape index (κ1) is 13.7. The molecule has 7 nitrogen and oxygen atoms in total. The van der Waals surface area contributed by atoms with E-state index in [-0.39, 0.29) is 12.5 Å². The number of carbonyl (C=O) groups excluding carboxylic acids is 1. The third-order valence-electron chi connectivity index (χ3n) is 2.73. The lowest BCUT2D eigenvalue weighted by Crippen LogP contribution is -2.39. The highest BCUT2D eigenvalue weighted by Crippen LogP contribution is 2.03. The summed E-state index contributed by atoms with van der Waals surface area (Å²) in [5, 5.41) is 2.60. The lowest BCUT2D eigenvalue weighted by molar-refractivity contribution is -0.116. The molecule has 0 radical (unpaired) electrons. The van der Waals surface area contributed by atoms with Crippen LogP contribution in [0.25, 0.3) is 0 Å². The molecule has 0 unspecified atom stereocenters. The summed E-state index contributed by atoms with van der Waals surface area (Å²) in [5.41, 5.74) is -0.168. The maximum atomic E-state index is 11.8.